The molecular formula is C11H20N4OS. The van der Waals surface area contributed by atoms with Crippen molar-refractivity contribution in [2.45, 2.75) is 25.5 Å². The summed E-state index contributed by atoms with van der Waals surface area (Å²) in [5, 5.41) is 6.34. The van der Waals surface area contributed by atoms with Gasteiger partial charge in [-0.3, -0.25) is 4.21 Å². The monoisotopic (exact) mass is 256 g/mol. The molecule has 5 nitrogen and oxygen atoms in total. The van der Waals surface area contributed by atoms with Gasteiger partial charge in [-0.2, -0.15) is 4.98 Å². The van der Waals surface area contributed by atoms with Crippen LogP contribution >= 0.6 is 0 Å². The van der Waals surface area contributed by atoms with E-state index in [4.69, 9.17) is 0 Å². The van der Waals surface area contributed by atoms with Crippen LogP contribution in [0.15, 0.2) is 6.07 Å². The number of hydrogen-bond donors (Lipinski definition) is 2. The highest BCUT2D eigenvalue weighted by molar-refractivity contribution is 7.84. The van der Waals surface area contributed by atoms with Crippen molar-refractivity contribution in [3.63, 3.8) is 0 Å². The van der Waals surface area contributed by atoms with Gasteiger partial charge in [0.1, 0.15) is 5.82 Å². The van der Waals surface area contributed by atoms with Gasteiger partial charge in [-0.1, -0.05) is 6.92 Å². The molecule has 0 saturated heterocycles. The molecule has 17 heavy (non-hydrogen) atoms. The van der Waals surface area contributed by atoms with Crippen LogP contribution in [0.3, 0.4) is 0 Å². The van der Waals surface area contributed by atoms with Crippen LogP contribution in [0.2, 0.25) is 0 Å². The predicted molar refractivity (Wildman–Crippen MR) is 73.0 cm³/mol. The van der Waals surface area contributed by atoms with Gasteiger partial charge >= 0.3 is 0 Å². The molecule has 1 heterocycles. The zero-order chi connectivity index (χ0) is 12.8. The van der Waals surface area contributed by atoms with Gasteiger partial charge in [-0.05, 0) is 13.3 Å². The second-order valence-electron chi connectivity index (χ2n) is 3.99. The van der Waals surface area contributed by atoms with Gasteiger partial charge in [0.25, 0.3) is 0 Å². The van der Waals surface area contributed by atoms with E-state index in [-0.39, 0.29) is 5.25 Å². The van der Waals surface area contributed by atoms with Gasteiger partial charge in [0.2, 0.25) is 5.95 Å². The molecule has 1 rings (SSSR count). The van der Waals surface area contributed by atoms with Crippen LogP contribution in [0.4, 0.5) is 11.8 Å². The number of aryl methyl sites for hydroxylation is 1. The molecule has 0 aliphatic rings. The summed E-state index contributed by atoms with van der Waals surface area (Å²) in [5.74, 6) is 1.41. The average molecular weight is 256 g/mol. The fourth-order valence-electron chi connectivity index (χ4n) is 1.34. The molecule has 2 N–H and O–H groups in total. The number of nitrogens with zero attached hydrogens (tertiary/aromatic N) is 2. The molecule has 0 bridgehead atoms. The largest absolute Gasteiger partial charge is 0.370 e. The van der Waals surface area contributed by atoms with Gasteiger partial charge in [-0.25, -0.2) is 4.98 Å². The first-order valence-electron chi connectivity index (χ1n) is 5.62. The molecule has 0 saturated carbocycles. The van der Waals surface area contributed by atoms with Crippen LogP contribution in [0.1, 0.15) is 19.0 Å². The summed E-state index contributed by atoms with van der Waals surface area (Å²) in [6.07, 6.45) is 2.60. The van der Waals surface area contributed by atoms with Crippen molar-refractivity contribution in [1.82, 2.24) is 9.97 Å². The van der Waals surface area contributed by atoms with Crippen molar-refractivity contribution in [3.8, 4) is 0 Å². The highest BCUT2D eigenvalue weighted by Crippen LogP contribution is 2.09. The van der Waals surface area contributed by atoms with Crippen molar-refractivity contribution in [1.29, 1.82) is 0 Å². The third kappa shape index (κ3) is 4.68. The Labute approximate surface area is 105 Å². The molecule has 2 atom stereocenters. The number of nitrogens with one attached hydrogen (secondary N) is 2. The number of rotatable bonds is 6. The Morgan fingerprint density at radius 2 is 2.18 bits per heavy atom. The molecular weight excluding hydrogens is 236 g/mol. The molecule has 0 radical (unpaired) electrons. The molecule has 0 aliphatic carbocycles. The van der Waals surface area contributed by atoms with Crippen molar-refractivity contribution < 1.29 is 4.21 Å². The fourth-order valence-corrected chi connectivity index (χ4v) is 1.79. The van der Waals surface area contributed by atoms with Crippen LogP contribution in [0.5, 0.6) is 0 Å². The molecule has 0 aliphatic heterocycles. The Hall–Kier alpha value is -1.17. The first kappa shape index (κ1) is 13.9. The summed E-state index contributed by atoms with van der Waals surface area (Å²) in [6.45, 7) is 4.68. The normalized spacial score (nSPS) is 14.1. The lowest BCUT2D eigenvalue weighted by Crippen LogP contribution is -2.15. The van der Waals surface area contributed by atoms with Gasteiger partial charge in [-0.15, -0.1) is 0 Å². The number of aromatic nitrogens is 2. The number of hydrogen-bond acceptors (Lipinski definition) is 5. The van der Waals surface area contributed by atoms with Crippen LogP contribution < -0.4 is 10.6 Å². The minimum Gasteiger partial charge on any atom is -0.370 e. The summed E-state index contributed by atoms with van der Waals surface area (Å²) < 4.78 is 11.2. The summed E-state index contributed by atoms with van der Waals surface area (Å²) >= 11 is 0. The van der Waals surface area contributed by atoms with E-state index in [0.717, 1.165) is 24.5 Å². The van der Waals surface area contributed by atoms with Crippen molar-refractivity contribution in [3.05, 3.63) is 11.8 Å². The minimum atomic E-state index is -0.764. The smallest absolute Gasteiger partial charge is 0.224 e. The maximum atomic E-state index is 11.2. The third-order valence-electron chi connectivity index (χ3n) is 2.50. The van der Waals surface area contributed by atoms with Gasteiger partial charge in [0, 0.05) is 47.7 Å². The Bertz CT molecular complexity index is 397. The zero-order valence-corrected chi connectivity index (χ0v) is 11.6. The second kappa shape index (κ2) is 6.54. The zero-order valence-electron chi connectivity index (χ0n) is 10.8. The van der Waals surface area contributed by atoms with E-state index in [9.17, 15) is 4.21 Å². The van der Waals surface area contributed by atoms with Crippen LogP contribution in [-0.4, -0.2) is 39.3 Å². The molecule has 96 valence electrons. The predicted octanol–water partition coefficient (Wildman–Crippen LogP) is 1.40. The minimum absolute atomic E-state index is 0.203. The molecule has 0 fully saturated rings. The Balaban J connectivity index is 2.51. The maximum absolute atomic E-state index is 11.2. The van der Waals surface area contributed by atoms with Gasteiger partial charge < -0.3 is 10.6 Å². The van der Waals surface area contributed by atoms with E-state index >= 15 is 0 Å². The Morgan fingerprint density at radius 3 is 2.76 bits per heavy atom. The van der Waals surface area contributed by atoms with Crippen molar-refractivity contribution >= 4 is 22.6 Å². The SMILES string of the molecule is CNc1nc(C)cc(NCCC(C)S(C)=O)n1. The average Bonchev–Trinajstić information content (AvgIpc) is 2.27. The van der Waals surface area contributed by atoms with E-state index < -0.39 is 10.8 Å². The van der Waals surface area contributed by atoms with Crippen molar-refractivity contribution in [2.24, 2.45) is 0 Å². The van der Waals surface area contributed by atoms with Gasteiger partial charge in [0.15, 0.2) is 0 Å². The summed E-state index contributed by atoms with van der Waals surface area (Å²) in [6, 6.07) is 1.90. The quantitative estimate of drug-likeness (QED) is 0.805. The maximum Gasteiger partial charge on any atom is 0.224 e. The van der Waals surface area contributed by atoms with Crippen LogP contribution in [0.25, 0.3) is 0 Å². The first-order chi connectivity index (χ1) is 8.02. The third-order valence-corrected chi connectivity index (χ3v) is 3.87. The highest BCUT2D eigenvalue weighted by atomic mass is 32.2. The summed E-state index contributed by atoms with van der Waals surface area (Å²) in [7, 11) is 1.03. The standard InChI is InChI=1S/C11H20N4OS/c1-8-7-10(15-11(12-3)14-8)13-6-5-9(2)17(4)16/h7,9H,5-6H2,1-4H3,(H2,12,13,14,15). The molecule has 2 unspecified atom stereocenters. The Kier molecular flexibility index (Phi) is 5.34. The molecule has 0 aromatic carbocycles. The van der Waals surface area contributed by atoms with E-state index in [1.165, 1.54) is 0 Å². The second-order valence-corrected chi connectivity index (χ2v) is 5.79. The molecule has 0 amide bonds. The summed E-state index contributed by atoms with van der Waals surface area (Å²) in [5.41, 5.74) is 0.916. The Morgan fingerprint density at radius 1 is 1.47 bits per heavy atom. The molecule has 6 heteroatoms. The fraction of sp³-hybridized carbons (Fsp3) is 0.636. The number of anilines is 2. The molecule has 0 spiro atoms. The lowest BCUT2D eigenvalue weighted by molar-refractivity contribution is 0.672. The topological polar surface area (TPSA) is 66.9 Å². The van der Waals surface area contributed by atoms with Crippen LogP contribution in [-0.2, 0) is 10.8 Å². The lowest BCUT2D eigenvalue weighted by atomic mass is 10.3. The summed E-state index contributed by atoms with van der Waals surface area (Å²) in [4.78, 5) is 8.50. The van der Waals surface area contributed by atoms with E-state index in [1.807, 2.05) is 19.9 Å². The van der Waals surface area contributed by atoms with Gasteiger partial charge in [0.05, 0.1) is 0 Å². The van der Waals surface area contributed by atoms with E-state index in [2.05, 4.69) is 20.6 Å². The van der Waals surface area contributed by atoms with E-state index in [0.29, 0.717) is 5.95 Å². The highest BCUT2D eigenvalue weighted by Gasteiger charge is 2.06. The first-order valence-corrected chi connectivity index (χ1v) is 7.24. The van der Waals surface area contributed by atoms with E-state index in [1.54, 1.807) is 13.3 Å². The van der Waals surface area contributed by atoms with Crippen LogP contribution in [0, 0.1) is 6.92 Å². The molecule has 1 aromatic rings. The lowest BCUT2D eigenvalue weighted by Gasteiger charge is -2.10. The molecule has 1 aromatic heterocycles. The van der Waals surface area contributed by atoms with Crippen molar-refractivity contribution in [2.75, 3.05) is 30.5 Å².